The van der Waals surface area contributed by atoms with Crippen molar-refractivity contribution in [3.63, 3.8) is 0 Å². The molecule has 1 aliphatic rings. The summed E-state index contributed by atoms with van der Waals surface area (Å²) in [7, 11) is 0. The summed E-state index contributed by atoms with van der Waals surface area (Å²) in [5.74, 6) is 0. The smallest absolute Gasteiger partial charge is 0.379 e. The van der Waals surface area contributed by atoms with Crippen molar-refractivity contribution in [2.45, 2.75) is 19.1 Å². The molecule has 1 fully saturated rings. The SMILES string of the molecule is FC(F)(F)c1ccc(Cl)c(NC(=S)N(CCCN2CCOCC2)Cc2ccncc2)c1. The fourth-order valence-electron chi connectivity index (χ4n) is 3.26. The molecule has 3 rings (SSSR count). The number of hydrogen-bond donors (Lipinski definition) is 1. The van der Waals surface area contributed by atoms with Crippen molar-refractivity contribution >= 4 is 34.6 Å². The molecule has 1 N–H and O–H groups in total. The summed E-state index contributed by atoms with van der Waals surface area (Å²) in [4.78, 5) is 8.28. The van der Waals surface area contributed by atoms with Crippen LogP contribution in [0.1, 0.15) is 17.5 Å². The van der Waals surface area contributed by atoms with Gasteiger partial charge in [-0.3, -0.25) is 9.88 Å². The third-order valence-electron chi connectivity index (χ3n) is 4.95. The lowest BCUT2D eigenvalue weighted by atomic mass is 10.2. The molecule has 0 unspecified atom stereocenters. The first-order valence-corrected chi connectivity index (χ1v) is 10.7. The zero-order valence-corrected chi connectivity index (χ0v) is 18.4. The number of pyridine rings is 1. The highest BCUT2D eigenvalue weighted by Gasteiger charge is 2.31. The molecule has 10 heteroatoms. The van der Waals surface area contributed by atoms with Gasteiger partial charge in [0.1, 0.15) is 0 Å². The lowest BCUT2D eigenvalue weighted by Gasteiger charge is -2.30. The maximum Gasteiger partial charge on any atom is 0.416 e. The topological polar surface area (TPSA) is 40.6 Å². The van der Waals surface area contributed by atoms with Crippen LogP contribution in [0.5, 0.6) is 0 Å². The first-order valence-electron chi connectivity index (χ1n) is 9.94. The third kappa shape index (κ3) is 7.31. The second kappa shape index (κ2) is 11.1. The van der Waals surface area contributed by atoms with Gasteiger partial charge in [0, 0.05) is 45.1 Å². The second-order valence-corrected chi connectivity index (χ2v) is 8.00. The lowest BCUT2D eigenvalue weighted by molar-refractivity contribution is -0.137. The van der Waals surface area contributed by atoms with Gasteiger partial charge in [0.2, 0.25) is 0 Å². The molecule has 0 amide bonds. The van der Waals surface area contributed by atoms with Gasteiger partial charge in [-0.05, 0) is 54.5 Å². The Morgan fingerprint density at radius 3 is 2.58 bits per heavy atom. The summed E-state index contributed by atoms with van der Waals surface area (Å²) < 4.78 is 44.7. The standard InChI is InChI=1S/C21H24ClF3N4OS/c22-18-3-2-17(21(23,24)25)14-19(18)27-20(31)29(15-16-4-6-26-7-5-16)9-1-8-28-10-12-30-13-11-28/h2-7,14H,1,8-13,15H2,(H,27,31). The van der Waals surface area contributed by atoms with Crippen LogP contribution < -0.4 is 5.32 Å². The molecular weight excluding hydrogens is 449 g/mol. The van der Waals surface area contributed by atoms with Gasteiger partial charge in [0.05, 0.1) is 29.5 Å². The molecule has 0 saturated carbocycles. The van der Waals surface area contributed by atoms with Crippen LogP contribution in [0.25, 0.3) is 0 Å². The number of alkyl halides is 3. The number of anilines is 1. The molecule has 2 heterocycles. The highest BCUT2D eigenvalue weighted by Crippen LogP contribution is 2.34. The molecule has 0 spiro atoms. The maximum absolute atomic E-state index is 13.1. The Morgan fingerprint density at radius 1 is 1.19 bits per heavy atom. The van der Waals surface area contributed by atoms with Gasteiger partial charge in [-0.1, -0.05) is 11.6 Å². The normalized spacial score (nSPS) is 15.0. The molecule has 2 aromatic rings. The van der Waals surface area contributed by atoms with Gasteiger partial charge in [0.25, 0.3) is 0 Å². The Hall–Kier alpha value is -1.94. The Bertz CT molecular complexity index is 863. The van der Waals surface area contributed by atoms with E-state index in [9.17, 15) is 13.2 Å². The first kappa shape index (κ1) is 23.7. The molecule has 0 radical (unpaired) electrons. The number of halogens is 4. The Kier molecular flexibility index (Phi) is 8.48. The molecule has 0 aliphatic carbocycles. The van der Waals surface area contributed by atoms with E-state index in [0.29, 0.717) is 18.2 Å². The number of rotatable bonds is 7. The number of benzene rings is 1. The molecule has 0 atom stereocenters. The van der Waals surface area contributed by atoms with E-state index in [1.807, 2.05) is 17.0 Å². The van der Waals surface area contributed by atoms with Gasteiger partial charge in [0.15, 0.2) is 5.11 Å². The van der Waals surface area contributed by atoms with Gasteiger partial charge in [-0.25, -0.2) is 0 Å². The van der Waals surface area contributed by atoms with Crippen molar-refractivity contribution in [2.75, 3.05) is 44.7 Å². The minimum Gasteiger partial charge on any atom is -0.379 e. The Labute approximate surface area is 190 Å². The monoisotopic (exact) mass is 472 g/mol. The predicted molar refractivity (Wildman–Crippen MR) is 119 cm³/mol. The zero-order chi connectivity index (χ0) is 22.3. The van der Waals surface area contributed by atoms with Crippen LogP contribution >= 0.6 is 23.8 Å². The van der Waals surface area contributed by atoms with E-state index in [4.69, 9.17) is 28.6 Å². The molecule has 168 valence electrons. The molecule has 1 saturated heterocycles. The summed E-state index contributed by atoms with van der Waals surface area (Å²) in [6.07, 6.45) is -0.219. The molecular formula is C21H24ClF3N4OS. The molecule has 1 aromatic heterocycles. The summed E-state index contributed by atoms with van der Waals surface area (Å²) in [6.45, 7) is 5.29. The van der Waals surface area contributed by atoms with Gasteiger partial charge < -0.3 is 15.0 Å². The summed E-state index contributed by atoms with van der Waals surface area (Å²) in [5.41, 5.74) is 0.352. The van der Waals surface area contributed by atoms with E-state index in [1.54, 1.807) is 12.4 Å². The van der Waals surface area contributed by atoms with Crippen molar-refractivity contribution in [3.8, 4) is 0 Å². The highest BCUT2D eigenvalue weighted by molar-refractivity contribution is 7.80. The van der Waals surface area contributed by atoms with Crippen LogP contribution in [0.4, 0.5) is 18.9 Å². The number of nitrogens with zero attached hydrogens (tertiary/aromatic N) is 3. The predicted octanol–water partition coefficient (Wildman–Crippen LogP) is 4.68. The summed E-state index contributed by atoms with van der Waals surface area (Å²) >= 11 is 11.7. The van der Waals surface area contributed by atoms with Crippen LogP contribution in [0.15, 0.2) is 42.7 Å². The van der Waals surface area contributed by atoms with E-state index < -0.39 is 11.7 Å². The molecule has 0 bridgehead atoms. The van der Waals surface area contributed by atoms with E-state index in [1.165, 1.54) is 6.07 Å². The minimum atomic E-state index is -4.46. The molecule has 31 heavy (non-hydrogen) atoms. The summed E-state index contributed by atoms with van der Waals surface area (Å²) in [6, 6.07) is 6.92. The fourth-order valence-corrected chi connectivity index (χ4v) is 3.69. The average molecular weight is 473 g/mol. The number of ether oxygens (including phenoxy) is 1. The van der Waals surface area contributed by atoms with E-state index in [-0.39, 0.29) is 10.7 Å². The maximum atomic E-state index is 13.1. The van der Waals surface area contributed by atoms with Gasteiger partial charge >= 0.3 is 6.18 Å². The number of thiocarbonyl (C=S) groups is 1. The lowest BCUT2D eigenvalue weighted by Crippen LogP contribution is -2.40. The zero-order valence-electron chi connectivity index (χ0n) is 16.9. The largest absolute Gasteiger partial charge is 0.416 e. The fraction of sp³-hybridized carbons (Fsp3) is 0.429. The van der Waals surface area contributed by atoms with Gasteiger partial charge in [-0.2, -0.15) is 13.2 Å². The highest BCUT2D eigenvalue weighted by atomic mass is 35.5. The van der Waals surface area contributed by atoms with Crippen molar-refractivity contribution in [3.05, 3.63) is 58.9 Å². The van der Waals surface area contributed by atoms with Crippen molar-refractivity contribution in [2.24, 2.45) is 0 Å². The number of aromatic nitrogens is 1. The first-order chi connectivity index (χ1) is 14.8. The molecule has 1 aromatic carbocycles. The quantitative estimate of drug-likeness (QED) is 0.590. The van der Waals surface area contributed by atoms with Gasteiger partial charge in [-0.15, -0.1) is 0 Å². The number of hydrogen-bond acceptors (Lipinski definition) is 4. The van der Waals surface area contributed by atoms with Crippen molar-refractivity contribution in [1.29, 1.82) is 0 Å². The number of morpholine rings is 1. The van der Waals surface area contributed by atoms with Crippen molar-refractivity contribution in [1.82, 2.24) is 14.8 Å². The Balaban J connectivity index is 1.69. The van der Waals surface area contributed by atoms with E-state index >= 15 is 0 Å². The van der Waals surface area contributed by atoms with Crippen LogP contribution in [0, 0.1) is 0 Å². The van der Waals surface area contributed by atoms with Crippen LogP contribution in [0.2, 0.25) is 5.02 Å². The summed E-state index contributed by atoms with van der Waals surface area (Å²) in [5, 5.41) is 3.40. The third-order valence-corrected chi connectivity index (χ3v) is 5.64. The second-order valence-electron chi connectivity index (χ2n) is 7.21. The Morgan fingerprint density at radius 2 is 1.90 bits per heavy atom. The average Bonchev–Trinajstić information content (AvgIpc) is 2.75. The van der Waals surface area contributed by atoms with E-state index in [2.05, 4.69) is 15.2 Å². The number of nitrogens with one attached hydrogen (secondary N) is 1. The van der Waals surface area contributed by atoms with Crippen LogP contribution in [-0.2, 0) is 17.5 Å². The van der Waals surface area contributed by atoms with Crippen molar-refractivity contribution < 1.29 is 17.9 Å². The minimum absolute atomic E-state index is 0.134. The van der Waals surface area contributed by atoms with E-state index in [0.717, 1.165) is 57.0 Å². The van der Waals surface area contributed by atoms with Crippen LogP contribution in [0.3, 0.4) is 0 Å². The molecule has 1 aliphatic heterocycles. The van der Waals surface area contributed by atoms with Crippen LogP contribution in [-0.4, -0.2) is 59.3 Å². The molecule has 5 nitrogen and oxygen atoms in total.